The van der Waals surface area contributed by atoms with Crippen LogP contribution in [0.3, 0.4) is 0 Å². The molecule has 1 saturated carbocycles. The number of amides is 4. The predicted molar refractivity (Wildman–Crippen MR) is 107 cm³/mol. The molecule has 3 N–H and O–H groups in total. The largest absolute Gasteiger partial charge is 0.316 e. The van der Waals surface area contributed by atoms with E-state index in [-0.39, 0.29) is 18.7 Å². The number of hydrogen-bond acceptors (Lipinski definition) is 6. The molecule has 3 heterocycles. The van der Waals surface area contributed by atoms with E-state index in [4.69, 9.17) is 0 Å². The molecular weight excluding hydrogens is 384 g/mol. The number of benzene rings is 1. The van der Waals surface area contributed by atoms with Crippen LogP contribution in [0.1, 0.15) is 58.9 Å². The zero-order valence-electron chi connectivity index (χ0n) is 17.0. The smallest absolute Gasteiger partial charge is 0.262 e. The lowest BCUT2D eigenvalue weighted by atomic mass is 9.83. The zero-order valence-corrected chi connectivity index (χ0v) is 17.0. The van der Waals surface area contributed by atoms with Crippen molar-refractivity contribution in [2.75, 3.05) is 13.1 Å². The van der Waals surface area contributed by atoms with Crippen LogP contribution in [0.2, 0.25) is 0 Å². The summed E-state index contributed by atoms with van der Waals surface area (Å²) in [5.41, 5.74) is 1.96. The second-order valence-corrected chi connectivity index (χ2v) is 9.33. The van der Waals surface area contributed by atoms with Crippen LogP contribution < -0.4 is 16.0 Å². The first-order chi connectivity index (χ1) is 14.4. The van der Waals surface area contributed by atoms with E-state index in [1.54, 1.807) is 12.1 Å². The molecule has 158 valence electrons. The summed E-state index contributed by atoms with van der Waals surface area (Å²) in [5.74, 6) is -1.18. The van der Waals surface area contributed by atoms with Crippen LogP contribution >= 0.6 is 0 Å². The van der Waals surface area contributed by atoms with Gasteiger partial charge >= 0.3 is 0 Å². The fourth-order valence-electron chi connectivity index (χ4n) is 5.56. The summed E-state index contributed by atoms with van der Waals surface area (Å²) < 4.78 is 0. The maximum atomic E-state index is 12.9. The van der Waals surface area contributed by atoms with Gasteiger partial charge in [-0.1, -0.05) is 13.0 Å². The molecule has 1 aliphatic carbocycles. The Balaban J connectivity index is 1.28. The van der Waals surface area contributed by atoms with E-state index >= 15 is 0 Å². The third-order valence-electron chi connectivity index (χ3n) is 7.29. The highest BCUT2D eigenvalue weighted by atomic mass is 16.2. The van der Waals surface area contributed by atoms with Crippen molar-refractivity contribution >= 4 is 23.6 Å². The second kappa shape index (κ2) is 6.99. The molecule has 1 aromatic rings. The molecule has 8 nitrogen and oxygen atoms in total. The minimum Gasteiger partial charge on any atom is -0.316 e. The Morgan fingerprint density at radius 1 is 1.17 bits per heavy atom. The molecule has 0 aromatic heterocycles. The van der Waals surface area contributed by atoms with Crippen LogP contribution in [0.15, 0.2) is 18.2 Å². The number of nitrogens with one attached hydrogen (secondary N) is 3. The van der Waals surface area contributed by atoms with Crippen LogP contribution in [0.5, 0.6) is 0 Å². The van der Waals surface area contributed by atoms with Crippen LogP contribution in [-0.2, 0) is 16.1 Å². The minimum atomic E-state index is -0.927. The number of carbonyl (C=O) groups excluding carboxylic acids is 4. The minimum absolute atomic E-state index is 0.121. The van der Waals surface area contributed by atoms with Crippen molar-refractivity contribution in [1.82, 2.24) is 20.9 Å². The van der Waals surface area contributed by atoms with Gasteiger partial charge in [-0.2, -0.15) is 0 Å². The van der Waals surface area contributed by atoms with Crippen LogP contribution in [-0.4, -0.2) is 53.7 Å². The lowest BCUT2D eigenvalue weighted by Gasteiger charge is -2.27. The first-order valence-electron chi connectivity index (χ1n) is 10.6. The molecule has 1 aromatic carbocycles. The Bertz CT molecular complexity index is 960. The van der Waals surface area contributed by atoms with E-state index in [1.165, 1.54) is 0 Å². The molecule has 0 bridgehead atoms. The standard InChI is InChI=1S/C22H26N4O4/c1-22-8-14(7-13(22)10-23-11-22)24-9-12-2-3-15-16(6-12)21(30)26(20(15)29)17-4-5-18(27)25-19(17)28/h2-3,6,13-14,17,23-24H,4-5,7-11H2,1H3,(H,25,27,28)/t13-,14-,17?,22+/m1/s1. The molecule has 30 heavy (non-hydrogen) atoms. The molecule has 3 aliphatic heterocycles. The van der Waals surface area contributed by atoms with Gasteiger partial charge in [0.1, 0.15) is 6.04 Å². The molecule has 0 spiro atoms. The lowest BCUT2D eigenvalue weighted by molar-refractivity contribution is -0.136. The van der Waals surface area contributed by atoms with E-state index in [0.717, 1.165) is 36.4 Å². The molecule has 2 saturated heterocycles. The van der Waals surface area contributed by atoms with E-state index in [9.17, 15) is 19.2 Å². The summed E-state index contributed by atoms with van der Waals surface area (Å²) in [6.45, 7) is 5.14. The summed E-state index contributed by atoms with van der Waals surface area (Å²) in [6.07, 6.45) is 2.57. The number of imide groups is 2. The third kappa shape index (κ3) is 3.06. The summed E-state index contributed by atoms with van der Waals surface area (Å²) in [6, 6.07) is 4.82. The molecule has 3 fully saturated rings. The van der Waals surface area contributed by atoms with Crippen LogP contribution in [0.4, 0.5) is 0 Å². The van der Waals surface area contributed by atoms with Crippen molar-refractivity contribution < 1.29 is 19.2 Å². The van der Waals surface area contributed by atoms with Gasteiger partial charge in [-0.05, 0) is 54.8 Å². The van der Waals surface area contributed by atoms with Gasteiger partial charge in [0.05, 0.1) is 11.1 Å². The first kappa shape index (κ1) is 19.4. The highest BCUT2D eigenvalue weighted by molar-refractivity contribution is 6.23. The lowest BCUT2D eigenvalue weighted by Crippen LogP contribution is -2.54. The highest BCUT2D eigenvalue weighted by Gasteiger charge is 2.47. The predicted octanol–water partition coefficient (Wildman–Crippen LogP) is 0.566. The van der Waals surface area contributed by atoms with E-state index < -0.39 is 23.8 Å². The monoisotopic (exact) mass is 410 g/mol. The number of carbonyl (C=O) groups is 4. The molecule has 8 heteroatoms. The summed E-state index contributed by atoms with van der Waals surface area (Å²) in [4.78, 5) is 50.3. The number of hydrogen-bond donors (Lipinski definition) is 3. The Kier molecular flexibility index (Phi) is 4.52. The number of rotatable bonds is 4. The van der Waals surface area contributed by atoms with Crippen molar-refractivity contribution in [1.29, 1.82) is 0 Å². The third-order valence-corrected chi connectivity index (χ3v) is 7.29. The van der Waals surface area contributed by atoms with Gasteiger partial charge in [-0.15, -0.1) is 0 Å². The molecule has 5 rings (SSSR count). The average molecular weight is 410 g/mol. The summed E-state index contributed by atoms with van der Waals surface area (Å²) in [7, 11) is 0. The van der Waals surface area contributed by atoms with E-state index in [1.807, 2.05) is 6.07 Å². The molecule has 0 radical (unpaired) electrons. The molecular formula is C22H26N4O4. The van der Waals surface area contributed by atoms with Crippen molar-refractivity contribution in [3.63, 3.8) is 0 Å². The maximum Gasteiger partial charge on any atom is 0.262 e. The average Bonchev–Trinajstić information content (AvgIpc) is 3.29. The summed E-state index contributed by atoms with van der Waals surface area (Å²) in [5, 5.41) is 9.32. The zero-order chi connectivity index (χ0) is 21.0. The highest BCUT2D eigenvalue weighted by Crippen LogP contribution is 2.45. The van der Waals surface area contributed by atoms with Gasteiger partial charge in [-0.3, -0.25) is 29.4 Å². The van der Waals surface area contributed by atoms with Gasteiger partial charge in [0, 0.05) is 25.6 Å². The SMILES string of the molecule is C[C@]12CNC[C@H]1C[C@@H](NCc1ccc3c(c1)C(=O)N(C1CCC(=O)NC1=O)C3=O)C2. The molecule has 4 aliphatic rings. The molecule has 4 amide bonds. The van der Waals surface area contributed by atoms with Gasteiger partial charge in [-0.25, -0.2) is 0 Å². The second-order valence-electron chi connectivity index (χ2n) is 9.33. The van der Waals surface area contributed by atoms with Gasteiger partial charge < -0.3 is 10.6 Å². The summed E-state index contributed by atoms with van der Waals surface area (Å²) >= 11 is 0. The van der Waals surface area contributed by atoms with Crippen molar-refractivity contribution in [2.24, 2.45) is 11.3 Å². The maximum absolute atomic E-state index is 12.9. The number of nitrogens with zero attached hydrogens (tertiary/aromatic N) is 1. The van der Waals surface area contributed by atoms with E-state index in [2.05, 4.69) is 22.9 Å². The number of piperidine rings is 1. The van der Waals surface area contributed by atoms with Gasteiger partial charge in [0.2, 0.25) is 11.8 Å². The quantitative estimate of drug-likeness (QED) is 0.627. The van der Waals surface area contributed by atoms with Crippen LogP contribution in [0, 0.1) is 11.3 Å². The Morgan fingerprint density at radius 3 is 2.73 bits per heavy atom. The normalized spacial score (nSPS) is 33.1. The van der Waals surface area contributed by atoms with Crippen molar-refractivity contribution in [2.45, 2.75) is 51.2 Å². The van der Waals surface area contributed by atoms with Crippen molar-refractivity contribution in [3.8, 4) is 0 Å². The van der Waals surface area contributed by atoms with E-state index in [0.29, 0.717) is 35.0 Å². The van der Waals surface area contributed by atoms with Gasteiger partial charge in [0.25, 0.3) is 11.8 Å². The number of fused-ring (bicyclic) bond motifs is 2. The molecule has 1 unspecified atom stereocenters. The fraction of sp³-hybridized carbons (Fsp3) is 0.545. The Hall–Kier alpha value is -2.58. The Morgan fingerprint density at radius 2 is 1.97 bits per heavy atom. The molecule has 4 atom stereocenters. The topological polar surface area (TPSA) is 108 Å². The van der Waals surface area contributed by atoms with Crippen molar-refractivity contribution in [3.05, 3.63) is 34.9 Å². The van der Waals surface area contributed by atoms with Crippen LogP contribution in [0.25, 0.3) is 0 Å². The van der Waals surface area contributed by atoms with Gasteiger partial charge in [0.15, 0.2) is 0 Å². The fourth-order valence-corrected chi connectivity index (χ4v) is 5.56. The first-order valence-corrected chi connectivity index (χ1v) is 10.6. The Labute approximate surface area is 174 Å².